The van der Waals surface area contributed by atoms with Gasteiger partial charge >= 0.3 is 0 Å². The Balaban J connectivity index is 2.13. The zero-order valence-electron chi connectivity index (χ0n) is 11.3. The summed E-state index contributed by atoms with van der Waals surface area (Å²) in [5, 5.41) is 5.72. The molecule has 1 N–H and O–H groups in total. The molecule has 0 spiro atoms. The molecule has 0 saturated heterocycles. The van der Waals surface area contributed by atoms with E-state index in [9.17, 15) is 0 Å². The third kappa shape index (κ3) is 3.38. The van der Waals surface area contributed by atoms with Crippen LogP contribution in [0, 0.1) is 0 Å². The van der Waals surface area contributed by atoms with Gasteiger partial charge in [0.15, 0.2) is 0 Å². The molecule has 2 aromatic rings. The predicted molar refractivity (Wildman–Crippen MR) is 85.0 cm³/mol. The Morgan fingerprint density at radius 1 is 1.16 bits per heavy atom. The molecule has 1 aromatic carbocycles. The lowest BCUT2D eigenvalue weighted by molar-refractivity contribution is 0.397. The van der Waals surface area contributed by atoms with Crippen molar-refractivity contribution < 1.29 is 4.74 Å². The molecule has 0 radical (unpaired) electrons. The molecule has 1 unspecified atom stereocenters. The number of nitrogens with one attached hydrogen (secondary N) is 1. The molecular weight excluding hydrogens is 322 g/mol. The summed E-state index contributed by atoms with van der Waals surface area (Å²) in [4.78, 5) is 1.32. The van der Waals surface area contributed by atoms with E-state index in [4.69, 9.17) is 4.74 Å². The van der Waals surface area contributed by atoms with Crippen molar-refractivity contribution in [2.75, 3.05) is 7.11 Å². The maximum atomic E-state index is 5.42. The normalized spacial score (nSPS) is 14.1. The van der Waals surface area contributed by atoms with Gasteiger partial charge in [-0.3, -0.25) is 0 Å². The van der Waals surface area contributed by atoms with Crippen LogP contribution in [0.15, 0.2) is 40.2 Å². The van der Waals surface area contributed by atoms with Crippen LogP contribution in [0.1, 0.15) is 36.4 Å². The molecule has 0 aliphatic rings. The predicted octanol–water partition coefficient (Wildman–Crippen LogP) is 4.93. The van der Waals surface area contributed by atoms with Crippen molar-refractivity contribution in [3.63, 3.8) is 0 Å². The van der Waals surface area contributed by atoms with Crippen LogP contribution in [0.5, 0.6) is 5.75 Å². The fourth-order valence-electron chi connectivity index (χ4n) is 2.18. The summed E-state index contributed by atoms with van der Waals surface area (Å²) < 4.78 is 6.59. The number of benzene rings is 1. The van der Waals surface area contributed by atoms with E-state index in [1.54, 1.807) is 18.4 Å². The van der Waals surface area contributed by atoms with Crippen LogP contribution < -0.4 is 10.1 Å². The lowest BCUT2D eigenvalue weighted by Gasteiger charge is -2.21. The fourth-order valence-corrected chi connectivity index (χ4v) is 3.91. The van der Waals surface area contributed by atoms with Gasteiger partial charge in [0.1, 0.15) is 5.75 Å². The molecule has 0 saturated carbocycles. The van der Waals surface area contributed by atoms with Gasteiger partial charge in [-0.1, -0.05) is 18.2 Å². The Morgan fingerprint density at radius 2 is 1.89 bits per heavy atom. The topological polar surface area (TPSA) is 21.3 Å². The summed E-state index contributed by atoms with van der Waals surface area (Å²) in [7, 11) is 1.71. The number of rotatable bonds is 5. The first-order valence-corrected chi connectivity index (χ1v) is 7.92. The van der Waals surface area contributed by atoms with E-state index < -0.39 is 0 Å². The molecule has 1 aromatic heterocycles. The lowest BCUT2D eigenvalue weighted by atomic mass is 10.1. The van der Waals surface area contributed by atoms with Crippen molar-refractivity contribution in [2.45, 2.75) is 25.9 Å². The molecule has 2 atom stereocenters. The van der Waals surface area contributed by atoms with E-state index in [2.05, 4.69) is 52.6 Å². The minimum Gasteiger partial charge on any atom is -0.496 e. The molecule has 2 nitrogen and oxygen atoms in total. The monoisotopic (exact) mass is 339 g/mol. The Hall–Kier alpha value is -0.840. The van der Waals surface area contributed by atoms with Crippen molar-refractivity contribution >= 4 is 27.3 Å². The van der Waals surface area contributed by atoms with Crippen LogP contribution in [0.3, 0.4) is 0 Å². The van der Waals surface area contributed by atoms with E-state index in [0.29, 0.717) is 6.04 Å². The highest BCUT2D eigenvalue weighted by Crippen LogP contribution is 2.32. The van der Waals surface area contributed by atoms with E-state index in [0.717, 1.165) is 5.75 Å². The number of hydrogen-bond acceptors (Lipinski definition) is 3. The zero-order chi connectivity index (χ0) is 13.8. The van der Waals surface area contributed by atoms with E-state index >= 15 is 0 Å². The van der Waals surface area contributed by atoms with Gasteiger partial charge in [0, 0.05) is 27.0 Å². The molecule has 102 valence electrons. The summed E-state index contributed by atoms with van der Waals surface area (Å²) in [5.74, 6) is 0.931. The molecule has 19 heavy (non-hydrogen) atoms. The molecule has 0 bridgehead atoms. The fraction of sp³-hybridized carbons (Fsp3) is 0.333. The van der Waals surface area contributed by atoms with Crippen molar-refractivity contribution in [1.82, 2.24) is 5.32 Å². The van der Waals surface area contributed by atoms with Gasteiger partial charge in [0.2, 0.25) is 0 Å². The number of thiophene rings is 1. The second kappa shape index (κ2) is 6.55. The van der Waals surface area contributed by atoms with Gasteiger partial charge in [-0.15, -0.1) is 11.3 Å². The summed E-state index contributed by atoms with van der Waals surface area (Å²) in [5.41, 5.74) is 1.18. The van der Waals surface area contributed by atoms with Gasteiger partial charge in [0.05, 0.1) is 7.11 Å². The standard InChI is InChI=1S/C15H18BrNOS/c1-10(12-6-4-5-7-14(12)18-3)17-11(2)15-13(16)8-9-19-15/h4-11,17H,1-3H3/t10-,11?/m1/s1. The first-order chi connectivity index (χ1) is 9.13. The third-order valence-electron chi connectivity index (χ3n) is 3.14. The highest BCUT2D eigenvalue weighted by Gasteiger charge is 2.16. The van der Waals surface area contributed by atoms with Gasteiger partial charge < -0.3 is 10.1 Å². The second-order valence-corrected chi connectivity index (χ2v) is 6.29. The molecule has 0 fully saturated rings. The number of methoxy groups -OCH3 is 1. The molecule has 0 aliphatic carbocycles. The van der Waals surface area contributed by atoms with Gasteiger partial charge in [0.25, 0.3) is 0 Å². The molecule has 4 heteroatoms. The minimum absolute atomic E-state index is 0.236. The maximum absolute atomic E-state index is 5.42. The quantitative estimate of drug-likeness (QED) is 0.833. The highest BCUT2D eigenvalue weighted by atomic mass is 79.9. The number of halogens is 1. The summed E-state index contributed by atoms with van der Waals surface area (Å²) >= 11 is 5.35. The van der Waals surface area contributed by atoms with Crippen LogP contribution in [0.4, 0.5) is 0 Å². The van der Waals surface area contributed by atoms with Gasteiger partial charge in [-0.2, -0.15) is 0 Å². The smallest absolute Gasteiger partial charge is 0.123 e. The van der Waals surface area contributed by atoms with Crippen molar-refractivity contribution in [3.05, 3.63) is 50.6 Å². The number of para-hydroxylation sites is 1. The Kier molecular flexibility index (Phi) is 5.02. The van der Waals surface area contributed by atoms with Crippen LogP contribution in [-0.4, -0.2) is 7.11 Å². The largest absolute Gasteiger partial charge is 0.496 e. The Bertz CT molecular complexity index is 540. The highest BCUT2D eigenvalue weighted by molar-refractivity contribution is 9.10. The third-order valence-corrected chi connectivity index (χ3v) is 5.20. The first kappa shape index (κ1) is 14.6. The number of ether oxygens (including phenoxy) is 1. The van der Waals surface area contributed by atoms with Crippen molar-refractivity contribution in [3.8, 4) is 5.75 Å². The Morgan fingerprint density at radius 3 is 2.53 bits per heavy atom. The van der Waals surface area contributed by atoms with Crippen LogP contribution >= 0.6 is 27.3 Å². The molecule has 0 aliphatic heterocycles. The first-order valence-electron chi connectivity index (χ1n) is 6.25. The second-order valence-electron chi connectivity index (χ2n) is 4.48. The van der Waals surface area contributed by atoms with Crippen LogP contribution in [-0.2, 0) is 0 Å². The van der Waals surface area contributed by atoms with Crippen molar-refractivity contribution in [1.29, 1.82) is 0 Å². The SMILES string of the molecule is COc1ccccc1[C@@H](C)NC(C)c1sccc1Br. The van der Waals surface area contributed by atoms with E-state index in [1.165, 1.54) is 14.9 Å². The van der Waals surface area contributed by atoms with Gasteiger partial charge in [-0.05, 0) is 47.3 Å². The lowest BCUT2D eigenvalue weighted by Crippen LogP contribution is -2.22. The van der Waals surface area contributed by atoms with Gasteiger partial charge in [-0.25, -0.2) is 0 Å². The number of hydrogen-bond donors (Lipinski definition) is 1. The van der Waals surface area contributed by atoms with Crippen LogP contribution in [0.2, 0.25) is 0 Å². The summed E-state index contributed by atoms with van der Waals surface area (Å²) in [6.07, 6.45) is 0. The molecule has 2 rings (SSSR count). The zero-order valence-corrected chi connectivity index (χ0v) is 13.7. The minimum atomic E-state index is 0.236. The average molecular weight is 340 g/mol. The maximum Gasteiger partial charge on any atom is 0.123 e. The average Bonchev–Trinajstić information content (AvgIpc) is 2.85. The molecule has 0 amide bonds. The molecule has 1 heterocycles. The molecular formula is C15H18BrNOS. The summed E-state index contributed by atoms with van der Waals surface area (Å²) in [6, 6.07) is 10.8. The van der Waals surface area contributed by atoms with Crippen LogP contribution in [0.25, 0.3) is 0 Å². The van der Waals surface area contributed by atoms with E-state index in [1.807, 2.05) is 18.2 Å². The van der Waals surface area contributed by atoms with Crippen molar-refractivity contribution in [2.24, 2.45) is 0 Å². The van der Waals surface area contributed by atoms with E-state index in [-0.39, 0.29) is 6.04 Å². The summed E-state index contributed by atoms with van der Waals surface area (Å²) in [6.45, 7) is 4.35. The Labute approximate surface area is 126 Å².